The molecule has 2 aromatic rings. The van der Waals surface area contributed by atoms with Crippen LogP contribution in [0.2, 0.25) is 0 Å². The van der Waals surface area contributed by atoms with Gasteiger partial charge < -0.3 is 30.3 Å². The van der Waals surface area contributed by atoms with Crippen molar-refractivity contribution in [3.05, 3.63) is 12.7 Å². The van der Waals surface area contributed by atoms with Crippen LogP contribution in [0.15, 0.2) is 12.7 Å². The molecule has 2 aromatic heterocycles. The number of fused-ring (bicyclic) bond motifs is 3. The number of rotatable bonds is 3. The molecule has 0 bridgehead atoms. The van der Waals surface area contributed by atoms with Crippen LogP contribution in [0, 0.1) is 0 Å². The van der Waals surface area contributed by atoms with Crippen molar-refractivity contribution >= 4 is 23.0 Å². The Morgan fingerprint density at radius 3 is 2.75 bits per heavy atom. The normalized spacial score (nSPS) is 37.6. The number of aromatic nitrogens is 4. The molecule has 152 valence electrons. The summed E-state index contributed by atoms with van der Waals surface area (Å²) in [5.74, 6) is -1.18. The summed E-state index contributed by atoms with van der Waals surface area (Å²) in [7, 11) is 0. The third-order valence-electron chi connectivity index (χ3n) is 5.60. The van der Waals surface area contributed by atoms with E-state index in [4.69, 9.17) is 4.74 Å². The van der Waals surface area contributed by atoms with Gasteiger partial charge in [-0.25, -0.2) is 14.3 Å². The second-order valence-corrected chi connectivity index (χ2v) is 7.53. The smallest absolute Gasteiger partial charge is 0.346 e. The molecule has 6 N–H and O–H groups in total. The van der Waals surface area contributed by atoms with Crippen LogP contribution < -0.4 is 9.88 Å². The molecule has 4 heterocycles. The number of imidazole rings is 1. The van der Waals surface area contributed by atoms with Crippen LogP contribution in [0.4, 0.5) is 5.82 Å². The highest BCUT2D eigenvalue weighted by Crippen LogP contribution is 2.35. The molecule has 12 heteroatoms. The van der Waals surface area contributed by atoms with Crippen LogP contribution in [-0.2, 0) is 15.3 Å². The number of carbonyl (C=O) groups is 1. The van der Waals surface area contributed by atoms with Crippen molar-refractivity contribution < 1.29 is 39.6 Å². The molecule has 6 atom stereocenters. The van der Waals surface area contributed by atoms with E-state index in [0.29, 0.717) is 5.65 Å². The molecule has 12 nitrogen and oxygen atoms in total. The molecule has 4 rings (SSSR count). The van der Waals surface area contributed by atoms with Gasteiger partial charge in [-0.05, 0) is 6.92 Å². The first-order valence-corrected chi connectivity index (χ1v) is 8.75. The van der Waals surface area contributed by atoms with E-state index in [1.165, 1.54) is 31.1 Å². The molecule has 0 amide bonds. The van der Waals surface area contributed by atoms with E-state index >= 15 is 0 Å². The number of aliphatic hydroxyl groups is 4. The summed E-state index contributed by atoms with van der Waals surface area (Å²) in [5.41, 5.74) is -3.24. The molecule has 0 aromatic carbocycles. The fraction of sp³-hybridized carbons (Fsp3) is 0.625. The highest BCUT2D eigenvalue weighted by molar-refractivity contribution is 5.88. The fourth-order valence-electron chi connectivity index (χ4n) is 3.82. The molecule has 2 aliphatic heterocycles. The standard InChI is InChI=1S/C16H21N5O7/c1-15(14(25)26)13(24)16(2,27)21-6-18-11-10(12(21)19-15)17-5-20(11)9-3-7(23)8(4-22)28-9/h5-9,13,22-24,27H,3-4H2,1-2H3,(H,25,26)/p+1/t7-,8+,9+,13+,15-,16+/m0/s1. The van der Waals surface area contributed by atoms with E-state index in [1.807, 2.05) is 0 Å². The molecular formula is C16H22N5O7+. The average molecular weight is 396 g/mol. The van der Waals surface area contributed by atoms with Crippen LogP contribution >= 0.6 is 0 Å². The van der Waals surface area contributed by atoms with Crippen LogP contribution in [0.25, 0.3) is 11.2 Å². The molecular weight excluding hydrogens is 374 g/mol. The van der Waals surface area contributed by atoms with Gasteiger partial charge in [-0.3, -0.25) is 9.88 Å². The fourth-order valence-corrected chi connectivity index (χ4v) is 3.82. The Balaban J connectivity index is 1.84. The SMILES string of the molecule is C[C@]1(C(=O)O)Nc2c3ncn([C@H]4C[C@H](O)[C@@H](CO)O4)c3nc[n+]2[C@](C)(O)[C@@H]1O. The maximum absolute atomic E-state index is 11.8. The predicted octanol–water partition coefficient (Wildman–Crippen LogP) is -2.35. The second kappa shape index (κ2) is 6.06. The van der Waals surface area contributed by atoms with Crippen LogP contribution in [-0.4, -0.2) is 76.5 Å². The molecule has 1 saturated heterocycles. The summed E-state index contributed by atoms with van der Waals surface area (Å²) >= 11 is 0. The number of carboxylic acids is 1. The minimum absolute atomic E-state index is 0.168. The minimum Gasteiger partial charge on any atom is -0.478 e. The number of nitrogens with zero attached hydrogens (tertiary/aromatic N) is 4. The first-order chi connectivity index (χ1) is 13.1. The molecule has 0 saturated carbocycles. The maximum atomic E-state index is 11.8. The van der Waals surface area contributed by atoms with Crippen LogP contribution in [0.3, 0.4) is 0 Å². The second-order valence-electron chi connectivity index (χ2n) is 7.53. The van der Waals surface area contributed by atoms with E-state index < -0.39 is 41.8 Å². The Hall–Kier alpha value is -2.38. The molecule has 2 aliphatic rings. The van der Waals surface area contributed by atoms with Crippen molar-refractivity contribution in [3.8, 4) is 0 Å². The van der Waals surface area contributed by atoms with Gasteiger partial charge in [-0.15, -0.1) is 0 Å². The first kappa shape index (κ1) is 19.0. The van der Waals surface area contributed by atoms with Crippen LogP contribution in [0.5, 0.6) is 0 Å². The lowest BCUT2D eigenvalue weighted by Crippen LogP contribution is -2.75. The van der Waals surface area contributed by atoms with Gasteiger partial charge in [-0.1, -0.05) is 4.98 Å². The Kier molecular flexibility index (Phi) is 4.10. The highest BCUT2D eigenvalue weighted by Gasteiger charge is 2.59. The van der Waals surface area contributed by atoms with Crippen molar-refractivity contribution in [2.24, 2.45) is 0 Å². The zero-order valence-electron chi connectivity index (χ0n) is 15.2. The molecule has 0 aliphatic carbocycles. The van der Waals surface area contributed by atoms with Crippen molar-refractivity contribution in [2.45, 2.75) is 56.1 Å². The van der Waals surface area contributed by atoms with Crippen LogP contribution in [0.1, 0.15) is 26.5 Å². The lowest BCUT2D eigenvalue weighted by atomic mass is 9.85. The minimum atomic E-state index is -1.96. The van der Waals surface area contributed by atoms with Gasteiger partial charge in [0.1, 0.15) is 18.7 Å². The largest absolute Gasteiger partial charge is 0.478 e. The molecule has 28 heavy (non-hydrogen) atoms. The monoisotopic (exact) mass is 396 g/mol. The Morgan fingerprint density at radius 2 is 2.14 bits per heavy atom. The van der Waals surface area contributed by atoms with Gasteiger partial charge in [0.25, 0.3) is 5.82 Å². The van der Waals surface area contributed by atoms with E-state index in [9.17, 15) is 30.3 Å². The summed E-state index contributed by atoms with van der Waals surface area (Å²) < 4.78 is 8.42. The summed E-state index contributed by atoms with van der Waals surface area (Å²) in [6.45, 7) is 2.22. The maximum Gasteiger partial charge on any atom is 0.346 e. The third-order valence-corrected chi connectivity index (χ3v) is 5.60. The number of nitrogens with one attached hydrogen (secondary N) is 1. The van der Waals surface area contributed by atoms with E-state index in [0.717, 1.165) is 0 Å². The number of anilines is 1. The molecule has 1 fully saturated rings. The number of hydrogen-bond donors (Lipinski definition) is 6. The topological polar surface area (TPSA) is 174 Å². The average Bonchev–Trinajstić information content (AvgIpc) is 3.23. The van der Waals surface area contributed by atoms with Gasteiger partial charge in [0.05, 0.1) is 12.7 Å². The lowest BCUT2D eigenvalue weighted by Gasteiger charge is -2.41. The number of ether oxygens (including phenoxy) is 1. The van der Waals surface area contributed by atoms with Crippen molar-refractivity contribution in [1.82, 2.24) is 14.5 Å². The summed E-state index contributed by atoms with van der Waals surface area (Å²) in [4.78, 5) is 20.3. The number of hydrogen-bond acceptors (Lipinski definition) is 9. The van der Waals surface area contributed by atoms with Crippen molar-refractivity contribution in [2.75, 3.05) is 11.9 Å². The molecule has 0 spiro atoms. The van der Waals surface area contributed by atoms with Crippen molar-refractivity contribution in [3.63, 3.8) is 0 Å². The van der Waals surface area contributed by atoms with Crippen molar-refractivity contribution in [1.29, 1.82) is 0 Å². The Morgan fingerprint density at radius 1 is 1.43 bits per heavy atom. The number of aliphatic hydroxyl groups excluding tert-OH is 3. The zero-order valence-corrected chi connectivity index (χ0v) is 15.2. The van der Waals surface area contributed by atoms with E-state index in [1.54, 1.807) is 4.57 Å². The summed E-state index contributed by atoms with van der Waals surface area (Å²) in [5, 5.41) is 52.9. The third kappa shape index (κ3) is 2.42. The van der Waals surface area contributed by atoms with E-state index in [-0.39, 0.29) is 24.4 Å². The predicted molar refractivity (Wildman–Crippen MR) is 90.9 cm³/mol. The Labute approximate surface area is 158 Å². The summed E-state index contributed by atoms with van der Waals surface area (Å²) in [6, 6.07) is 0. The first-order valence-electron chi connectivity index (χ1n) is 8.75. The molecule has 0 radical (unpaired) electrons. The van der Waals surface area contributed by atoms with E-state index in [2.05, 4.69) is 15.3 Å². The van der Waals surface area contributed by atoms with Gasteiger partial charge in [0.15, 0.2) is 11.6 Å². The lowest BCUT2D eigenvalue weighted by molar-refractivity contribution is -0.807. The highest BCUT2D eigenvalue weighted by atomic mass is 16.5. The quantitative estimate of drug-likeness (QED) is 0.308. The van der Waals surface area contributed by atoms with Gasteiger partial charge in [-0.2, -0.15) is 0 Å². The zero-order chi connectivity index (χ0) is 20.4. The summed E-state index contributed by atoms with van der Waals surface area (Å²) in [6.07, 6.45) is -0.942. The van der Waals surface area contributed by atoms with Gasteiger partial charge in [0.2, 0.25) is 23.2 Å². The Bertz CT molecular complexity index is 947. The molecule has 0 unspecified atom stereocenters. The number of aliphatic carboxylic acids is 1. The van der Waals surface area contributed by atoms with Gasteiger partial charge >= 0.3 is 5.97 Å². The van der Waals surface area contributed by atoms with Gasteiger partial charge in [0, 0.05) is 13.3 Å². The number of carboxylic acid groups (broad SMARTS) is 1.